The summed E-state index contributed by atoms with van der Waals surface area (Å²) in [6.07, 6.45) is 3.39. The Morgan fingerprint density at radius 3 is 2.80 bits per heavy atom. The number of fused-ring (bicyclic) bond motifs is 1. The smallest absolute Gasteiger partial charge is 0.208 e. The lowest BCUT2D eigenvalue weighted by Gasteiger charge is -2.18. The fourth-order valence-electron chi connectivity index (χ4n) is 1.75. The van der Waals surface area contributed by atoms with E-state index in [0.29, 0.717) is 23.1 Å². The van der Waals surface area contributed by atoms with Gasteiger partial charge < -0.3 is 10.6 Å². The minimum Gasteiger partial charge on any atom is -0.351 e. The van der Waals surface area contributed by atoms with Gasteiger partial charge in [0.1, 0.15) is 11.6 Å². The molecule has 3 rings (SSSR count). The second-order valence-electron chi connectivity index (χ2n) is 4.13. The number of rotatable bonds is 2. The maximum Gasteiger partial charge on any atom is 0.208 e. The number of hydrogen-bond donors (Lipinski definition) is 2. The van der Waals surface area contributed by atoms with Crippen molar-refractivity contribution in [2.24, 2.45) is 4.40 Å². The second kappa shape index (κ2) is 5.46. The lowest BCUT2D eigenvalue weighted by atomic mass is 10.3. The van der Waals surface area contributed by atoms with Gasteiger partial charge in [0.25, 0.3) is 0 Å². The first-order valence-electron chi connectivity index (χ1n) is 5.86. The molecule has 1 aliphatic rings. The number of benzene rings is 1. The minimum absolute atomic E-state index is 0.292. The van der Waals surface area contributed by atoms with E-state index < -0.39 is 11.6 Å². The minimum atomic E-state index is -0.621. The number of nitrogens with zero attached hydrogens (tertiary/aromatic N) is 2. The van der Waals surface area contributed by atoms with Crippen molar-refractivity contribution in [3.05, 3.63) is 53.9 Å². The molecule has 2 aromatic rings. The van der Waals surface area contributed by atoms with E-state index in [1.165, 1.54) is 6.07 Å². The standard InChI is InChI=1S/C13H10F2N4S/c14-9-5-10(15)12-11(6-9)18-13(19-20-12)17-7-8-1-3-16-4-2-8/h1-6H,7H2,(H2,17,18,19). The zero-order valence-electron chi connectivity index (χ0n) is 10.2. The number of anilines is 1. The topological polar surface area (TPSA) is 49.3 Å². The van der Waals surface area contributed by atoms with Gasteiger partial charge in [0.2, 0.25) is 5.96 Å². The molecule has 0 saturated heterocycles. The number of halogens is 2. The van der Waals surface area contributed by atoms with Gasteiger partial charge in [-0.2, -0.15) is 4.40 Å². The number of hydrogen-bond acceptors (Lipinski definition) is 5. The molecule has 1 aromatic heterocycles. The van der Waals surface area contributed by atoms with Crippen LogP contribution in [0.2, 0.25) is 0 Å². The predicted molar refractivity (Wildman–Crippen MR) is 74.3 cm³/mol. The van der Waals surface area contributed by atoms with Crippen LogP contribution in [-0.2, 0) is 6.54 Å². The highest BCUT2D eigenvalue weighted by Crippen LogP contribution is 2.34. The second-order valence-corrected chi connectivity index (χ2v) is 4.90. The summed E-state index contributed by atoms with van der Waals surface area (Å²) in [5.41, 5.74) is 1.41. The quantitative estimate of drug-likeness (QED) is 0.836. The highest BCUT2D eigenvalue weighted by molar-refractivity contribution is 7.98. The van der Waals surface area contributed by atoms with Crippen LogP contribution in [0.3, 0.4) is 0 Å². The van der Waals surface area contributed by atoms with Crippen LogP contribution < -0.4 is 10.6 Å². The van der Waals surface area contributed by atoms with Gasteiger partial charge in [0.15, 0.2) is 0 Å². The van der Waals surface area contributed by atoms with E-state index in [4.69, 9.17) is 0 Å². The zero-order valence-corrected chi connectivity index (χ0v) is 11.0. The Morgan fingerprint density at radius 2 is 2.00 bits per heavy atom. The van der Waals surface area contributed by atoms with E-state index in [1.54, 1.807) is 12.4 Å². The van der Waals surface area contributed by atoms with Crippen molar-refractivity contribution in [2.75, 3.05) is 5.32 Å². The summed E-state index contributed by atoms with van der Waals surface area (Å²) in [5.74, 6) is -0.775. The summed E-state index contributed by atoms with van der Waals surface area (Å²) in [6.45, 7) is 0.544. The first kappa shape index (κ1) is 12.9. The van der Waals surface area contributed by atoms with Gasteiger partial charge in [-0.15, -0.1) is 0 Å². The molecule has 0 spiro atoms. The molecule has 0 fully saturated rings. The van der Waals surface area contributed by atoms with Gasteiger partial charge in [-0.05, 0) is 23.8 Å². The van der Waals surface area contributed by atoms with Gasteiger partial charge in [-0.1, -0.05) is 0 Å². The van der Waals surface area contributed by atoms with Gasteiger partial charge in [0, 0.05) is 37.0 Å². The van der Waals surface area contributed by atoms with Crippen molar-refractivity contribution in [1.82, 2.24) is 10.3 Å². The average molecular weight is 292 g/mol. The van der Waals surface area contributed by atoms with Crippen molar-refractivity contribution < 1.29 is 8.78 Å². The van der Waals surface area contributed by atoms with Crippen LogP contribution >= 0.6 is 11.9 Å². The van der Waals surface area contributed by atoms with Crippen molar-refractivity contribution in [1.29, 1.82) is 0 Å². The Labute approximate surface area is 118 Å². The van der Waals surface area contributed by atoms with Gasteiger partial charge >= 0.3 is 0 Å². The fourth-order valence-corrected chi connectivity index (χ4v) is 2.40. The molecule has 0 radical (unpaired) electrons. The molecule has 0 aliphatic carbocycles. The SMILES string of the molecule is Fc1cc(F)c2c(c1)NC(NCc1ccncc1)=NS2. The summed E-state index contributed by atoms with van der Waals surface area (Å²) in [5, 5.41) is 5.93. The van der Waals surface area contributed by atoms with Crippen LogP contribution in [0.5, 0.6) is 0 Å². The molecule has 0 atom stereocenters. The van der Waals surface area contributed by atoms with Crippen LogP contribution in [0.1, 0.15) is 5.56 Å². The van der Waals surface area contributed by atoms with Crippen molar-refractivity contribution >= 4 is 23.6 Å². The third-order valence-corrected chi connectivity index (χ3v) is 3.57. The van der Waals surface area contributed by atoms with Crippen molar-refractivity contribution in [3.8, 4) is 0 Å². The van der Waals surface area contributed by atoms with Crippen LogP contribution in [0.4, 0.5) is 14.5 Å². The first-order valence-corrected chi connectivity index (χ1v) is 6.63. The third kappa shape index (κ3) is 2.72. The van der Waals surface area contributed by atoms with Gasteiger partial charge in [0.05, 0.1) is 10.6 Å². The van der Waals surface area contributed by atoms with Crippen LogP contribution in [0.15, 0.2) is 46.0 Å². The molecular formula is C13H10F2N4S. The summed E-state index contributed by atoms with van der Waals surface area (Å²) in [6, 6.07) is 5.83. The molecule has 20 heavy (non-hydrogen) atoms. The molecule has 0 bridgehead atoms. The summed E-state index contributed by atoms with van der Waals surface area (Å²) < 4.78 is 30.8. The van der Waals surface area contributed by atoms with Crippen molar-refractivity contribution in [2.45, 2.75) is 11.4 Å². The Bertz CT molecular complexity index is 661. The summed E-state index contributed by atoms with van der Waals surface area (Å²) in [4.78, 5) is 4.22. The molecule has 102 valence electrons. The molecule has 7 heteroatoms. The molecule has 0 amide bonds. The molecule has 2 heterocycles. The first-order chi connectivity index (χ1) is 9.72. The zero-order chi connectivity index (χ0) is 13.9. The molecule has 4 nitrogen and oxygen atoms in total. The van der Waals surface area contributed by atoms with Gasteiger partial charge in [-0.3, -0.25) is 4.98 Å². The number of nitrogens with one attached hydrogen (secondary N) is 2. The lowest BCUT2D eigenvalue weighted by Crippen LogP contribution is -2.31. The summed E-state index contributed by atoms with van der Waals surface area (Å²) in [7, 11) is 0. The Kier molecular flexibility index (Phi) is 3.51. The maximum atomic E-state index is 13.5. The average Bonchev–Trinajstić information content (AvgIpc) is 2.45. The van der Waals surface area contributed by atoms with Crippen LogP contribution in [-0.4, -0.2) is 10.9 Å². The van der Waals surface area contributed by atoms with E-state index in [-0.39, 0.29) is 0 Å². The maximum absolute atomic E-state index is 13.5. The lowest BCUT2D eigenvalue weighted by molar-refractivity contribution is 0.567. The molecule has 0 saturated carbocycles. The Hall–Kier alpha value is -2.15. The predicted octanol–water partition coefficient (Wildman–Crippen LogP) is 2.94. The third-order valence-electron chi connectivity index (χ3n) is 2.70. The van der Waals surface area contributed by atoms with Crippen LogP contribution in [0, 0.1) is 11.6 Å². The number of pyridine rings is 1. The van der Waals surface area contributed by atoms with Gasteiger partial charge in [-0.25, -0.2) is 8.78 Å². The molecule has 1 aliphatic heterocycles. The van der Waals surface area contributed by atoms with Crippen LogP contribution in [0.25, 0.3) is 0 Å². The van der Waals surface area contributed by atoms with E-state index in [2.05, 4.69) is 20.0 Å². The van der Waals surface area contributed by atoms with E-state index in [0.717, 1.165) is 23.6 Å². The Morgan fingerprint density at radius 1 is 1.20 bits per heavy atom. The van der Waals surface area contributed by atoms with E-state index >= 15 is 0 Å². The van der Waals surface area contributed by atoms with E-state index in [1.807, 2.05) is 12.1 Å². The number of aromatic nitrogens is 1. The summed E-state index contributed by atoms with van der Waals surface area (Å²) >= 11 is 0.976. The van der Waals surface area contributed by atoms with Crippen molar-refractivity contribution in [3.63, 3.8) is 0 Å². The fraction of sp³-hybridized carbons (Fsp3) is 0.0769. The molecule has 1 aromatic carbocycles. The monoisotopic (exact) mass is 292 g/mol. The largest absolute Gasteiger partial charge is 0.351 e. The molecular weight excluding hydrogens is 282 g/mol. The van der Waals surface area contributed by atoms with E-state index in [9.17, 15) is 8.78 Å². The molecule has 0 unspecified atom stereocenters. The number of guanidine groups is 1. The molecule has 2 N–H and O–H groups in total. The highest BCUT2D eigenvalue weighted by Gasteiger charge is 2.17. The normalized spacial score (nSPS) is 13.2. The highest BCUT2D eigenvalue weighted by atomic mass is 32.2. The Balaban J connectivity index is 1.71.